The molecule has 0 amide bonds. The summed E-state index contributed by atoms with van der Waals surface area (Å²) < 4.78 is 75.9. The number of rotatable bonds is 8. The molecule has 5 rings (SSSR count). The summed E-state index contributed by atoms with van der Waals surface area (Å²) >= 11 is 0. The zero-order valence-electron chi connectivity index (χ0n) is 25.2. The van der Waals surface area contributed by atoms with E-state index in [0.29, 0.717) is 36.2 Å². The number of methoxy groups -OCH3 is 1. The quantitative estimate of drug-likeness (QED) is 0.190. The van der Waals surface area contributed by atoms with Crippen molar-refractivity contribution in [1.82, 2.24) is 0 Å². The number of aryl methyl sites for hydroxylation is 2. The molecule has 3 aromatic carbocycles. The van der Waals surface area contributed by atoms with E-state index >= 15 is 4.39 Å². The van der Waals surface area contributed by atoms with Crippen LogP contribution in [0.15, 0.2) is 42.5 Å². The van der Waals surface area contributed by atoms with Crippen LogP contribution in [-0.2, 0) is 19.3 Å². The highest BCUT2D eigenvalue weighted by Crippen LogP contribution is 2.44. The lowest BCUT2D eigenvalue weighted by atomic mass is 9.78. The van der Waals surface area contributed by atoms with Crippen LogP contribution in [0.25, 0.3) is 0 Å². The molecule has 7 heteroatoms. The van der Waals surface area contributed by atoms with Crippen molar-refractivity contribution in [3.8, 4) is 17.2 Å². The Kier molecular flexibility index (Phi) is 13.1. The van der Waals surface area contributed by atoms with Crippen molar-refractivity contribution in [2.75, 3.05) is 14.3 Å². The van der Waals surface area contributed by atoms with Gasteiger partial charge in [-0.25, -0.2) is 8.78 Å². The largest absolute Gasteiger partial charge is 0.494 e. The molecule has 42 heavy (non-hydrogen) atoms. The fourth-order valence-electron chi connectivity index (χ4n) is 5.93. The fourth-order valence-corrected chi connectivity index (χ4v) is 5.93. The molecule has 3 aromatic rings. The Morgan fingerprint density at radius 3 is 1.93 bits per heavy atom. The summed E-state index contributed by atoms with van der Waals surface area (Å²) in [6, 6.07) is 11.7. The van der Waals surface area contributed by atoms with Crippen molar-refractivity contribution >= 4 is 0 Å². The van der Waals surface area contributed by atoms with Gasteiger partial charge in [-0.3, -0.25) is 4.39 Å². The van der Waals surface area contributed by atoms with Gasteiger partial charge in [-0.05, 0) is 60.4 Å². The monoisotopic (exact) mass is 590 g/mol. The van der Waals surface area contributed by atoms with Gasteiger partial charge < -0.3 is 9.47 Å². The number of benzene rings is 3. The maximum absolute atomic E-state index is 15.2. The molecular weight excluding hydrogens is 547 g/mol. The van der Waals surface area contributed by atoms with Crippen molar-refractivity contribution in [2.45, 2.75) is 84.5 Å². The first-order valence-corrected chi connectivity index (χ1v) is 15.0. The van der Waals surface area contributed by atoms with E-state index in [1.165, 1.54) is 69.4 Å². The van der Waals surface area contributed by atoms with Crippen molar-refractivity contribution in [3.63, 3.8) is 0 Å². The Labute approximate surface area is 247 Å². The molecule has 1 aliphatic heterocycles. The van der Waals surface area contributed by atoms with Gasteiger partial charge in [0, 0.05) is 17.5 Å². The summed E-state index contributed by atoms with van der Waals surface area (Å²) in [6.45, 7) is 4.35. The molecule has 0 unspecified atom stereocenters. The summed E-state index contributed by atoms with van der Waals surface area (Å²) in [4.78, 5) is 0. The minimum Gasteiger partial charge on any atom is -0.494 e. The molecule has 1 aliphatic carbocycles. The van der Waals surface area contributed by atoms with Gasteiger partial charge >= 0.3 is 0 Å². The van der Waals surface area contributed by atoms with E-state index in [-0.39, 0.29) is 29.5 Å². The Morgan fingerprint density at radius 2 is 1.33 bits per heavy atom. The number of fused-ring (bicyclic) bond motifs is 2. The average Bonchev–Trinajstić information content (AvgIpc) is 3.01. The van der Waals surface area contributed by atoms with Crippen LogP contribution in [0.5, 0.6) is 17.2 Å². The van der Waals surface area contributed by atoms with Crippen molar-refractivity contribution in [1.29, 1.82) is 0 Å². The van der Waals surface area contributed by atoms with Crippen LogP contribution in [0.2, 0.25) is 0 Å². The zero-order chi connectivity index (χ0) is 30.6. The standard InChI is InChI=1S/C25H29F3O2.C9H11F.CH3F/c1-3-4-15-5-7-16(8-6-15)9-10-17-11-12-18-13-19-14-20(29-2)22(27)23(28)25(19)30-24(18)21(17)26;1-2-3-8-4-6-9(10)7-5-8;1-2/h11-12,14-16H,3-10,13H2,1-2H3;4-7H,2-3H2,1H3;1H3. The van der Waals surface area contributed by atoms with E-state index in [1.807, 2.05) is 24.3 Å². The number of alkyl halides is 1. The normalized spacial score (nSPS) is 17.0. The van der Waals surface area contributed by atoms with E-state index in [0.717, 1.165) is 25.2 Å². The van der Waals surface area contributed by atoms with Crippen molar-refractivity contribution in [3.05, 3.63) is 88.0 Å². The van der Waals surface area contributed by atoms with Crippen LogP contribution >= 0.6 is 0 Å². The van der Waals surface area contributed by atoms with E-state index in [9.17, 15) is 17.6 Å². The summed E-state index contributed by atoms with van der Waals surface area (Å²) in [6.07, 6.45) is 11.6. The molecule has 0 saturated heterocycles. The van der Waals surface area contributed by atoms with E-state index < -0.39 is 17.5 Å². The smallest absolute Gasteiger partial charge is 0.205 e. The van der Waals surface area contributed by atoms with Crippen LogP contribution in [0.1, 0.15) is 87.5 Å². The van der Waals surface area contributed by atoms with Gasteiger partial charge in [-0.15, -0.1) is 0 Å². The Morgan fingerprint density at radius 1 is 0.714 bits per heavy atom. The maximum atomic E-state index is 15.2. The van der Waals surface area contributed by atoms with Crippen LogP contribution in [0, 0.1) is 35.1 Å². The molecule has 0 bridgehead atoms. The number of hydrogen-bond acceptors (Lipinski definition) is 2. The number of ether oxygens (including phenoxy) is 2. The van der Waals surface area contributed by atoms with Gasteiger partial charge in [0.05, 0.1) is 14.3 Å². The average molecular weight is 591 g/mol. The lowest BCUT2D eigenvalue weighted by molar-refractivity contribution is 0.251. The van der Waals surface area contributed by atoms with Gasteiger partial charge in [0.1, 0.15) is 5.82 Å². The summed E-state index contributed by atoms with van der Waals surface area (Å²) in [7, 11) is 1.78. The second-order valence-corrected chi connectivity index (χ2v) is 11.1. The summed E-state index contributed by atoms with van der Waals surface area (Å²) in [5.74, 6) is -1.76. The summed E-state index contributed by atoms with van der Waals surface area (Å²) in [5.41, 5.74) is 2.89. The summed E-state index contributed by atoms with van der Waals surface area (Å²) in [5, 5.41) is 0. The van der Waals surface area contributed by atoms with Gasteiger partial charge in [-0.1, -0.05) is 83.1 Å². The Balaban J connectivity index is 0.000000340. The highest BCUT2D eigenvalue weighted by Gasteiger charge is 2.29. The second kappa shape index (κ2) is 16.5. The Hall–Kier alpha value is -3.09. The molecule has 0 spiro atoms. The molecule has 1 heterocycles. The number of hydrogen-bond donors (Lipinski definition) is 0. The maximum Gasteiger partial charge on any atom is 0.205 e. The van der Waals surface area contributed by atoms with Gasteiger partial charge in [-0.2, -0.15) is 8.78 Å². The third kappa shape index (κ3) is 8.48. The highest BCUT2D eigenvalue weighted by molar-refractivity contribution is 5.54. The SMILES string of the molecule is CCCC1CCC(CCc2ccc3c(c2F)Oc2c(cc(OC)c(F)c2F)C3)CC1.CCCc1ccc(F)cc1.CF. The molecule has 230 valence electrons. The minimum atomic E-state index is -1.14. The molecule has 0 radical (unpaired) electrons. The van der Waals surface area contributed by atoms with Gasteiger partial charge in [0.25, 0.3) is 0 Å². The lowest BCUT2D eigenvalue weighted by Crippen LogP contribution is -2.15. The third-order valence-corrected chi connectivity index (χ3v) is 8.21. The second-order valence-electron chi connectivity index (χ2n) is 11.1. The zero-order valence-corrected chi connectivity index (χ0v) is 25.2. The molecule has 1 fully saturated rings. The van der Waals surface area contributed by atoms with E-state index in [4.69, 9.17) is 9.47 Å². The van der Waals surface area contributed by atoms with Crippen LogP contribution < -0.4 is 9.47 Å². The highest BCUT2D eigenvalue weighted by atomic mass is 19.2. The molecule has 0 aromatic heterocycles. The predicted octanol–water partition coefficient (Wildman–Crippen LogP) is 10.7. The number of halogens is 5. The van der Waals surface area contributed by atoms with Crippen LogP contribution in [0.3, 0.4) is 0 Å². The molecule has 0 atom stereocenters. The van der Waals surface area contributed by atoms with Gasteiger partial charge in [0.15, 0.2) is 23.1 Å². The molecular formula is C35H43F5O2. The third-order valence-electron chi connectivity index (χ3n) is 8.21. The molecule has 2 aliphatic rings. The first-order valence-electron chi connectivity index (χ1n) is 15.0. The van der Waals surface area contributed by atoms with Crippen LogP contribution in [-0.4, -0.2) is 14.3 Å². The first-order chi connectivity index (χ1) is 20.3. The van der Waals surface area contributed by atoms with Crippen LogP contribution in [0.4, 0.5) is 22.0 Å². The van der Waals surface area contributed by atoms with Crippen molar-refractivity contribution < 1.29 is 31.4 Å². The predicted molar refractivity (Wildman–Crippen MR) is 158 cm³/mol. The van der Waals surface area contributed by atoms with E-state index in [2.05, 4.69) is 13.8 Å². The molecule has 1 saturated carbocycles. The Bertz CT molecular complexity index is 1270. The minimum absolute atomic E-state index is 0.0233. The fraction of sp³-hybridized carbons (Fsp3) is 0.486. The van der Waals surface area contributed by atoms with Gasteiger partial charge in [0.2, 0.25) is 11.6 Å². The lowest BCUT2D eigenvalue weighted by Gasteiger charge is -2.28. The molecule has 0 N–H and O–H groups in total. The van der Waals surface area contributed by atoms with Crippen molar-refractivity contribution in [2.24, 2.45) is 11.8 Å². The van der Waals surface area contributed by atoms with E-state index in [1.54, 1.807) is 0 Å². The topological polar surface area (TPSA) is 18.5 Å². The first kappa shape index (κ1) is 33.4. The molecule has 2 nitrogen and oxygen atoms in total.